The molecule has 2 aromatic heterocycles. The summed E-state index contributed by atoms with van der Waals surface area (Å²) in [5.41, 5.74) is 1.04. The molecule has 0 spiro atoms. The maximum absolute atomic E-state index is 9.91. The van der Waals surface area contributed by atoms with Crippen LogP contribution in [0.15, 0.2) is 30.7 Å². The molecule has 0 atom stereocenters. The van der Waals surface area contributed by atoms with Gasteiger partial charge in [0.15, 0.2) is 5.82 Å². The van der Waals surface area contributed by atoms with Crippen LogP contribution in [0, 0.1) is 6.92 Å². The summed E-state index contributed by atoms with van der Waals surface area (Å²) < 4.78 is 1.70. The zero-order chi connectivity index (χ0) is 11.8. The van der Waals surface area contributed by atoms with Gasteiger partial charge in [0.25, 0.3) is 0 Å². The fraction of sp³-hybridized carbons (Fsp3) is 0.333. The highest BCUT2D eigenvalue weighted by atomic mass is 16.3. The minimum Gasteiger partial charge on any atom is -0.386 e. The van der Waals surface area contributed by atoms with Gasteiger partial charge in [0.2, 0.25) is 0 Å². The topological polar surface area (TPSA) is 50.9 Å². The molecule has 0 amide bonds. The largest absolute Gasteiger partial charge is 0.386 e. The average Bonchev–Trinajstić information content (AvgIpc) is 2.64. The van der Waals surface area contributed by atoms with Crippen LogP contribution in [0.5, 0.6) is 0 Å². The molecule has 2 heterocycles. The summed E-state index contributed by atoms with van der Waals surface area (Å²) in [6, 6.07) is 3.65. The van der Waals surface area contributed by atoms with Crippen LogP contribution in [0.3, 0.4) is 0 Å². The second-order valence-corrected chi connectivity index (χ2v) is 4.42. The van der Waals surface area contributed by atoms with Gasteiger partial charge < -0.3 is 5.11 Å². The average molecular weight is 217 g/mol. The fourth-order valence-corrected chi connectivity index (χ4v) is 1.46. The Labute approximate surface area is 94.6 Å². The molecule has 4 heteroatoms. The van der Waals surface area contributed by atoms with Crippen molar-refractivity contribution in [3.63, 3.8) is 0 Å². The number of rotatable bonds is 2. The van der Waals surface area contributed by atoms with Crippen molar-refractivity contribution in [1.29, 1.82) is 0 Å². The zero-order valence-corrected chi connectivity index (χ0v) is 9.68. The summed E-state index contributed by atoms with van der Waals surface area (Å²) in [5, 5.41) is 14.1. The molecule has 84 valence electrons. The maximum atomic E-state index is 9.91. The van der Waals surface area contributed by atoms with Gasteiger partial charge in [0.05, 0.1) is 11.8 Å². The number of pyridine rings is 1. The first-order chi connectivity index (χ1) is 7.47. The van der Waals surface area contributed by atoms with Gasteiger partial charge in [-0.25, -0.2) is 9.67 Å². The molecule has 0 aliphatic rings. The number of aliphatic hydroxyl groups is 1. The summed E-state index contributed by atoms with van der Waals surface area (Å²) in [7, 11) is 0. The quantitative estimate of drug-likeness (QED) is 0.834. The predicted octanol–water partition coefficient (Wildman–Crippen LogP) is 1.80. The van der Waals surface area contributed by atoms with E-state index >= 15 is 0 Å². The summed E-state index contributed by atoms with van der Waals surface area (Å²) in [6.45, 7) is 5.48. The number of nitrogens with zero attached hydrogens (tertiary/aromatic N) is 3. The molecule has 0 bridgehead atoms. The van der Waals surface area contributed by atoms with Gasteiger partial charge in [0.1, 0.15) is 0 Å². The highest BCUT2D eigenvalue weighted by Gasteiger charge is 2.16. The van der Waals surface area contributed by atoms with Crippen LogP contribution in [-0.2, 0) is 5.60 Å². The maximum Gasteiger partial charge on any atom is 0.153 e. The van der Waals surface area contributed by atoms with Crippen LogP contribution in [0.1, 0.15) is 25.0 Å². The Hall–Kier alpha value is -1.68. The molecule has 2 rings (SSSR count). The lowest BCUT2D eigenvalue weighted by Gasteiger charge is -2.17. The van der Waals surface area contributed by atoms with Gasteiger partial charge >= 0.3 is 0 Å². The van der Waals surface area contributed by atoms with E-state index in [9.17, 15) is 5.11 Å². The minimum absolute atomic E-state index is 0.715. The van der Waals surface area contributed by atoms with Crippen LogP contribution < -0.4 is 0 Å². The van der Waals surface area contributed by atoms with E-state index < -0.39 is 5.60 Å². The van der Waals surface area contributed by atoms with E-state index in [1.807, 2.05) is 19.2 Å². The van der Waals surface area contributed by atoms with Gasteiger partial charge in [-0.15, -0.1) is 0 Å². The first-order valence-electron chi connectivity index (χ1n) is 5.17. The third-order valence-corrected chi connectivity index (χ3v) is 2.40. The Morgan fingerprint density at radius 2 is 2.12 bits per heavy atom. The second-order valence-electron chi connectivity index (χ2n) is 4.42. The SMILES string of the molecule is Cc1cnn(-c2cc(C(C)(C)O)ccn2)c1. The molecule has 2 aromatic rings. The molecule has 4 nitrogen and oxygen atoms in total. The van der Waals surface area contributed by atoms with Crippen LogP contribution in [0.4, 0.5) is 0 Å². The van der Waals surface area contributed by atoms with Crippen molar-refractivity contribution < 1.29 is 5.11 Å². The number of aryl methyl sites for hydroxylation is 1. The van der Waals surface area contributed by atoms with E-state index in [0.717, 1.165) is 11.1 Å². The number of aromatic nitrogens is 3. The third-order valence-electron chi connectivity index (χ3n) is 2.40. The first-order valence-corrected chi connectivity index (χ1v) is 5.17. The molecular formula is C12H15N3O. The van der Waals surface area contributed by atoms with Crippen molar-refractivity contribution in [2.75, 3.05) is 0 Å². The van der Waals surface area contributed by atoms with E-state index in [-0.39, 0.29) is 0 Å². The fourth-order valence-electron chi connectivity index (χ4n) is 1.46. The highest BCUT2D eigenvalue weighted by molar-refractivity contribution is 5.30. The molecule has 0 aromatic carbocycles. The first kappa shape index (κ1) is 10.8. The van der Waals surface area contributed by atoms with Crippen molar-refractivity contribution in [3.8, 4) is 5.82 Å². The molecule has 0 unspecified atom stereocenters. The normalized spacial score (nSPS) is 11.8. The van der Waals surface area contributed by atoms with Gasteiger partial charge in [-0.1, -0.05) is 0 Å². The Morgan fingerprint density at radius 1 is 1.38 bits per heavy atom. The van der Waals surface area contributed by atoms with Crippen molar-refractivity contribution >= 4 is 0 Å². The zero-order valence-electron chi connectivity index (χ0n) is 9.68. The molecule has 0 aliphatic carbocycles. The Balaban J connectivity index is 2.44. The van der Waals surface area contributed by atoms with Crippen molar-refractivity contribution in [3.05, 3.63) is 41.9 Å². The molecule has 16 heavy (non-hydrogen) atoms. The van der Waals surface area contributed by atoms with Crippen molar-refractivity contribution in [2.45, 2.75) is 26.4 Å². The monoisotopic (exact) mass is 217 g/mol. The Morgan fingerprint density at radius 3 is 2.69 bits per heavy atom. The summed E-state index contributed by atoms with van der Waals surface area (Å²) in [4.78, 5) is 4.23. The van der Waals surface area contributed by atoms with E-state index in [0.29, 0.717) is 5.82 Å². The highest BCUT2D eigenvalue weighted by Crippen LogP contribution is 2.20. The predicted molar refractivity (Wildman–Crippen MR) is 61.3 cm³/mol. The van der Waals surface area contributed by atoms with Gasteiger partial charge in [-0.3, -0.25) is 0 Å². The van der Waals surface area contributed by atoms with Crippen LogP contribution >= 0.6 is 0 Å². The molecule has 1 N–H and O–H groups in total. The second kappa shape index (κ2) is 3.72. The van der Waals surface area contributed by atoms with E-state index in [4.69, 9.17) is 0 Å². The molecule has 0 saturated carbocycles. The van der Waals surface area contributed by atoms with Crippen LogP contribution in [-0.4, -0.2) is 19.9 Å². The lowest BCUT2D eigenvalue weighted by molar-refractivity contribution is 0.0785. The lowest BCUT2D eigenvalue weighted by atomic mass is 10.00. The van der Waals surface area contributed by atoms with E-state index in [1.165, 1.54) is 0 Å². The van der Waals surface area contributed by atoms with Crippen LogP contribution in [0.25, 0.3) is 5.82 Å². The molecule has 0 fully saturated rings. The van der Waals surface area contributed by atoms with Gasteiger partial charge in [-0.2, -0.15) is 5.10 Å². The molecule has 0 radical (unpaired) electrons. The third kappa shape index (κ3) is 2.12. The molecule has 0 aliphatic heterocycles. The Bertz CT molecular complexity index is 497. The molecular weight excluding hydrogens is 202 g/mol. The molecule has 0 saturated heterocycles. The standard InChI is InChI=1S/C12H15N3O/c1-9-7-14-15(8-9)11-6-10(4-5-13-11)12(2,3)16/h4-8,16H,1-3H3. The van der Waals surface area contributed by atoms with Gasteiger partial charge in [0, 0.05) is 12.4 Å². The van der Waals surface area contributed by atoms with Gasteiger partial charge in [-0.05, 0) is 44.0 Å². The van der Waals surface area contributed by atoms with Crippen LogP contribution in [0.2, 0.25) is 0 Å². The lowest BCUT2D eigenvalue weighted by Crippen LogP contribution is -2.16. The summed E-state index contributed by atoms with van der Waals surface area (Å²) in [5.74, 6) is 0.715. The van der Waals surface area contributed by atoms with E-state index in [1.54, 1.807) is 37.0 Å². The minimum atomic E-state index is -0.861. The summed E-state index contributed by atoms with van der Waals surface area (Å²) >= 11 is 0. The number of hydrogen-bond acceptors (Lipinski definition) is 3. The van der Waals surface area contributed by atoms with Crippen molar-refractivity contribution in [2.24, 2.45) is 0 Å². The summed E-state index contributed by atoms with van der Waals surface area (Å²) in [6.07, 6.45) is 5.36. The van der Waals surface area contributed by atoms with Crippen molar-refractivity contribution in [1.82, 2.24) is 14.8 Å². The smallest absolute Gasteiger partial charge is 0.153 e. The van der Waals surface area contributed by atoms with E-state index in [2.05, 4.69) is 10.1 Å². The number of hydrogen-bond donors (Lipinski definition) is 1. The Kier molecular flexibility index (Phi) is 2.52.